The molecule has 2 N–H and O–H groups in total. The first kappa shape index (κ1) is 29.9. The highest BCUT2D eigenvalue weighted by molar-refractivity contribution is 7.91. The summed E-state index contributed by atoms with van der Waals surface area (Å²) in [7, 11) is 1.72. The molecule has 1 unspecified atom stereocenters. The van der Waals surface area contributed by atoms with Gasteiger partial charge in [0.2, 0.25) is 17.5 Å². The predicted octanol–water partition coefficient (Wildman–Crippen LogP) is 3.70. The molecule has 1 aliphatic heterocycles. The van der Waals surface area contributed by atoms with Crippen molar-refractivity contribution in [2.45, 2.75) is 17.7 Å². The third-order valence-electron chi connectivity index (χ3n) is 6.97. The second-order valence-corrected chi connectivity index (χ2v) is 11.8. The van der Waals surface area contributed by atoms with Crippen molar-refractivity contribution in [3.8, 4) is 11.4 Å². The Labute approximate surface area is 256 Å². The summed E-state index contributed by atoms with van der Waals surface area (Å²) in [5.41, 5.74) is 1.30. The van der Waals surface area contributed by atoms with Crippen molar-refractivity contribution in [3.63, 3.8) is 0 Å². The van der Waals surface area contributed by atoms with E-state index in [4.69, 9.17) is 16.0 Å². The van der Waals surface area contributed by atoms with Crippen LogP contribution in [0.25, 0.3) is 22.4 Å². The number of piperazine rings is 1. The minimum Gasteiger partial charge on any atom is -0.610 e. The maximum absolute atomic E-state index is 13.9. The monoisotopic (exact) mass is 647 g/mol. The molecule has 5 aromatic rings. The molecule has 1 aliphatic rings. The van der Waals surface area contributed by atoms with E-state index in [0.29, 0.717) is 21.9 Å². The molecule has 12 nitrogen and oxygen atoms in total. The predicted molar refractivity (Wildman–Crippen MR) is 159 cm³/mol. The molecule has 44 heavy (non-hydrogen) atoms. The Hall–Kier alpha value is -4.12. The van der Waals surface area contributed by atoms with Crippen molar-refractivity contribution in [2.75, 3.05) is 42.1 Å². The average Bonchev–Trinajstić information content (AvgIpc) is 3.63. The number of oxazole rings is 1. The molecule has 17 heteroatoms. The first-order chi connectivity index (χ1) is 21.1. The molecule has 5 heterocycles. The quantitative estimate of drug-likeness (QED) is 0.239. The standard InChI is InChI=1S/C27H25ClF3N9O3S/c1-38-7-6-33-23(38)18-10-16-12-34-26(36-17-2-3-20(19(28)11-17)39-8-4-32-5-9-39)37-22(16)40(25(18)41)13-21-24(35-15-43-21)44(42)14-27(29,30)31/h2-3,6-7,10-12,15,32H,4-5,8-9,13-14H2,1H3,(H,34,36,37). The van der Waals surface area contributed by atoms with Crippen LogP contribution in [0, 0.1) is 0 Å². The molecule has 0 radical (unpaired) electrons. The number of pyridine rings is 1. The van der Waals surface area contributed by atoms with Crippen LogP contribution in [0.4, 0.5) is 30.5 Å². The smallest absolute Gasteiger partial charge is 0.433 e. The molecular formula is C27H25ClF3N9O3S. The van der Waals surface area contributed by atoms with E-state index >= 15 is 0 Å². The van der Waals surface area contributed by atoms with Gasteiger partial charge in [-0.25, -0.2) is 9.97 Å². The number of nitrogens with one attached hydrogen (secondary N) is 2. The van der Waals surface area contributed by atoms with Crippen LogP contribution in [0.2, 0.25) is 5.02 Å². The van der Waals surface area contributed by atoms with E-state index in [1.54, 1.807) is 29.9 Å². The van der Waals surface area contributed by atoms with E-state index in [1.165, 1.54) is 17.0 Å². The molecule has 1 saturated heterocycles. The number of nitrogens with zero attached hydrogens (tertiary/aromatic N) is 7. The number of hydrogen-bond acceptors (Lipinski definition) is 10. The second kappa shape index (κ2) is 12.1. The number of halogens is 4. The maximum Gasteiger partial charge on any atom is 0.433 e. The van der Waals surface area contributed by atoms with E-state index in [2.05, 4.69) is 35.5 Å². The number of rotatable bonds is 8. The summed E-state index contributed by atoms with van der Waals surface area (Å²) in [5.74, 6) is -1.29. The number of anilines is 3. The number of aromatic nitrogens is 6. The zero-order valence-electron chi connectivity index (χ0n) is 23.1. The fourth-order valence-corrected chi connectivity index (χ4v) is 6.20. The molecule has 0 aliphatic carbocycles. The largest absolute Gasteiger partial charge is 0.610 e. The Balaban J connectivity index is 1.39. The van der Waals surface area contributed by atoms with Gasteiger partial charge < -0.3 is 29.1 Å². The number of aryl methyl sites for hydroxylation is 1. The first-order valence-corrected chi connectivity index (χ1v) is 15.0. The van der Waals surface area contributed by atoms with Gasteiger partial charge in [0.1, 0.15) is 11.5 Å². The Morgan fingerprint density at radius 1 is 1.18 bits per heavy atom. The Morgan fingerprint density at radius 2 is 1.98 bits per heavy atom. The highest BCUT2D eigenvalue weighted by Crippen LogP contribution is 2.31. The summed E-state index contributed by atoms with van der Waals surface area (Å²) in [6.07, 6.45) is 0.903. The van der Waals surface area contributed by atoms with Gasteiger partial charge in [-0.05, 0) is 24.3 Å². The normalized spacial score (nSPS) is 14.7. The van der Waals surface area contributed by atoms with Crippen LogP contribution in [0.5, 0.6) is 0 Å². The van der Waals surface area contributed by atoms with Crippen LogP contribution in [0.3, 0.4) is 0 Å². The first-order valence-electron chi connectivity index (χ1n) is 13.4. The Kier molecular flexibility index (Phi) is 8.24. The lowest BCUT2D eigenvalue weighted by molar-refractivity contribution is -0.106. The van der Waals surface area contributed by atoms with Crippen molar-refractivity contribution in [1.82, 2.24) is 34.4 Å². The van der Waals surface area contributed by atoms with Gasteiger partial charge in [-0.1, -0.05) is 11.6 Å². The van der Waals surface area contributed by atoms with Crippen molar-refractivity contribution in [3.05, 3.63) is 70.4 Å². The van der Waals surface area contributed by atoms with Crippen LogP contribution >= 0.6 is 11.6 Å². The SMILES string of the molecule is Cn1ccnc1-c1cc2cnc(Nc3ccc(N4CCNCC4)c(Cl)c3)nc2n(Cc2ocnc2[S+]([O-])CC(F)(F)F)c1=O. The van der Waals surface area contributed by atoms with Crippen LogP contribution in [-0.2, 0) is 24.8 Å². The van der Waals surface area contributed by atoms with Gasteiger partial charge >= 0.3 is 6.18 Å². The van der Waals surface area contributed by atoms with E-state index in [0.717, 1.165) is 38.3 Å². The Morgan fingerprint density at radius 3 is 2.68 bits per heavy atom. The average molecular weight is 648 g/mol. The van der Waals surface area contributed by atoms with Crippen molar-refractivity contribution in [1.29, 1.82) is 0 Å². The zero-order chi connectivity index (χ0) is 31.0. The number of hydrogen-bond donors (Lipinski definition) is 2. The van der Waals surface area contributed by atoms with Gasteiger partial charge in [-0.3, -0.25) is 9.36 Å². The third-order valence-corrected chi connectivity index (χ3v) is 8.62. The maximum atomic E-state index is 13.9. The number of fused-ring (bicyclic) bond motifs is 1. The third kappa shape index (κ3) is 6.24. The van der Waals surface area contributed by atoms with Crippen LogP contribution in [-0.4, -0.2) is 71.7 Å². The van der Waals surface area contributed by atoms with Crippen LogP contribution in [0.15, 0.2) is 63.5 Å². The molecule has 230 valence electrons. The zero-order valence-corrected chi connectivity index (χ0v) is 24.7. The van der Waals surface area contributed by atoms with Gasteiger partial charge in [0.25, 0.3) is 10.6 Å². The summed E-state index contributed by atoms with van der Waals surface area (Å²) in [4.78, 5) is 33.0. The second-order valence-electron chi connectivity index (χ2n) is 10.00. The van der Waals surface area contributed by atoms with Gasteiger partial charge in [0.15, 0.2) is 6.39 Å². The van der Waals surface area contributed by atoms with Gasteiger partial charge in [0.05, 0.1) is 22.8 Å². The molecule has 1 atom stereocenters. The van der Waals surface area contributed by atoms with E-state index in [-0.39, 0.29) is 22.9 Å². The molecule has 0 saturated carbocycles. The highest BCUT2D eigenvalue weighted by atomic mass is 35.5. The lowest BCUT2D eigenvalue weighted by atomic mass is 10.2. The molecule has 0 spiro atoms. The fraction of sp³-hybridized carbons (Fsp3) is 0.296. The molecular weight excluding hydrogens is 623 g/mol. The van der Waals surface area contributed by atoms with E-state index < -0.39 is 40.2 Å². The van der Waals surface area contributed by atoms with Crippen molar-refractivity contribution < 1.29 is 22.1 Å². The minimum absolute atomic E-state index is 0.139. The van der Waals surface area contributed by atoms with Crippen molar-refractivity contribution in [2.24, 2.45) is 7.05 Å². The number of benzene rings is 1. The van der Waals surface area contributed by atoms with Gasteiger partial charge in [-0.2, -0.15) is 23.1 Å². The molecule has 0 bridgehead atoms. The number of alkyl halides is 3. The molecule has 6 rings (SSSR count). The van der Waals surface area contributed by atoms with E-state index in [1.807, 2.05) is 12.1 Å². The summed E-state index contributed by atoms with van der Waals surface area (Å²) in [6, 6.07) is 7.08. The summed E-state index contributed by atoms with van der Waals surface area (Å²) in [6.45, 7) is 2.98. The molecule has 4 aromatic heterocycles. The highest BCUT2D eigenvalue weighted by Gasteiger charge is 2.38. The molecule has 0 amide bonds. The van der Waals surface area contributed by atoms with Gasteiger partial charge in [0, 0.05) is 74.1 Å². The molecule has 1 fully saturated rings. The molecule has 1 aromatic carbocycles. The summed E-state index contributed by atoms with van der Waals surface area (Å²) in [5, 5.41) is 6.98. The number of imidazole rings is 1. The fourth-order valence-electron chi connectivity index (χ4n) is 4.94. The van der Waals surface area contributed by atoms with Crippen LogP contribution < -0.4 is 21.1 Å². The minimum atomic E-state index is -4.69. The summed E-state index contributed by atoms with van der Waals surface area (Å²) < 4.78 is 59.7. The lowest BCUT2D eigenvalue weighted by Crippen LogP contribution is -2.43. The van der Waals surface area contributed by atoms with Gasteiger partial charge in [-0.15, -0.1) is 0 Å². The Bertz CT molecular complexity index is 1870. The summed E-state index contributed by atoms with van der Waals surface area (Å²) >= 11 is 4.05. The van der Waals surface area contributed by atoms with Crippen molar-refractivity contribution >= 4 is 51.1 Å². The topological polar surface area (TPSA) is 142 Å². The lowest BCUT2D eigenvalue weighted by Gasteiger charge is -2.30. The van der Waals surface area contributed by atoms with Crippen LogP contribution in [0.1, 0.15) is 5.76 Å². The van der Waals surface area contributed by atoms with E-state index in [9.17, 15) is 22.5 Å².